The maximum Gasteiger partial charge on any atom is 0.267 e. The Bertz CT molecular complexity index is 1400. The zero-order chi connectivity index (χ0) is 23.8. The molecule has 2 saturated heterocycles. The number of benzene rings is 1. The van der Waals surface area contributed by atoms with Crippen molar-refractivity contribution in [3.05, 3.63) is 79.6 Å². The largest absolute Gasteiger partial charge is 0.356 e. The minimum Gasteiger partial charge on any atom is -0.356 e. The highest BCUT2D eigenvalue weighted by molar-refractivity contribution is 8.26. The molecule has 2 aromatic heterocycles. The predicted octanol–water partition coefficient (Wildman–Crippen LogP) is 5.05. The van der Waals surface area contributed by atoms with E-state index in [0.29, 0.717) is 31.3 Å². The second-order valence-electron chi connectivity index (χ2n) is 8.50. The number of fused-ring (bicyclic) bond motifs is 1. The molecule has 0 unspecified atom stereocenters. The first-order chi connectivity index (χ1) is 16.4. The summed E-state index contributed by atoms with van der Waals surface area (Å²) in [4.78, 5) is 35.9. The number of halogens is 1. The molecule has 34 heavy (non-hydrogen) atoms. The monoisotopic (exact) mass is 510 g/mol. The maximum atomic E-state index is 13.6. The molecule has 0 spiro atoms. The first kappa shape index (κ1) is 23.1. The van der Waals surface area contributed by atoms with Crippen molar-refractivity contribution in [1.29, 1.82) is 0 Å². The standard InChI is InChI=1S/C25H23ClN4O2S2/c1-16-9-10-21-27-22(28-11-5-2-6-12-28)18(23(31)29(21)14-16)13-20-24(32)30(25(33)34-20)15-17-7-3-4-8-19(17)26/h3-4,7-10,13-14H,2,5-6,11-12,15H2,1H3/b20-13+. The topological polar surface area (TPSA) is 57.9 Å². The van der Waals surface area contributed by atoms with Crippen LogP contribution < -0.4 is 10.5 Å². The molecule has 3 aromatic rings. The fraction of sp³-hybridized carbons (Fsp3) is 0.280. The second kappa shape index (κ2) is 9.52. The molecule has 0 atom stereocenters. The summed E-state index contributed by atoms with van der Waals surface area (Å²) in [7, 11) is 0. The normalized spacial score (nSPS) is 17.9. The van der Waals surface area contributed by atoms with Crippen LogP contribution in [0.15, 0.2) is 52.3 Å². The van der Waals surface area contributed by atoms with Crippen LogP contribution in [-0.2, 0) is 11.3 Å². The number of thiocarbonyl (C=S) groups is 1. The van der Waals surface area contributed by atoms with Gasteiger partial charge in [-0.05, 0) is 55.5 Å². The number of piperidine rings is 1. The number of carbonyl (C=O) groups is 1. The minimum atomic E-state index is -0.228. The van der Waals surface area contributed by atoms with E-state index < -0.39 is 0 Å². The summed E-state index contributed by atoms with van der Waals surface area (Å²) in [5, 5.41) is 0.584. The summed E-state index contributed by atoms with van der Waals surface area (Å²) in [6.45, 7) is 3.89. The highest BCUT2D eigenvalue weighted by Gasteiger charge is 2.33. The highest BCUT2D eigenvalue weighted by Crippen LogP contribution is 2.35. The van der Waals surface area contributed by atoms with E-state index in [1.165, 1.54) is 16.7 Å². The van der Waals surface area contributed by atoms with Gasteiger partial charge in [-0.1, -0.05) is 59.8 Å². The summed E-state index contributed by atoms with van der Waals surface area (Å²) < 4.78 is 2.00. The Morgan fingerprint density at radius 2 is 1.88 bits per heavy atom. The fourth-order valence-electron chi connectivity index (χ4n) is 4.28. The van der Waals surface area contributed by atoms with Crippen LogP contribution >= 0.6 is 35.6 Å². The van der Waals surface area contributed by atoms with Gasteiger partial charge in [0.05, 0.1) is 17.0 Å². The molecule has 2 fully saturated rings. The number of anilines is 1. The number of rotatable bonds is 4. The predicted molar refractivity (Wildman–Crippen MR) is 142 cm³/mol. The van der Waals surface area contributed by atoms with Crippen molar-refractivity contribution in [3.63, 3.8) is 0 Å². The molecule has 0 N–H and O–H groups in total. The second-order valence-corrected chi connectivity index (χ2v) is 10.6. The Kier molecular flexibility index (Phi) is 6.46. The molecule has 9 heteroatoms. The van der Waals surface area contributed by atoms with E-state index in [2.05, 4.69) is 4.90 Å². The van der Waals surface area contributed by atoms with Gasteiger partial charge in [-0.25, -0.2) is 4.98 Å². The Hall–Kier alpha value is -2.68. The number of thioether (sulfide) groups is 1. The molecule has 0 aliphatic carbocycles. The lowest BCUT2D eigenvalue weighted by Gasteiger charge is -2.29. The lowest BCUT2D eigenvalue weighted by atomic mass is 10.1. The van der Waals surface area contributed by atoms with Crippen molar-refractivity contribution in [3.8, 4) is 0 Å². The minimum absolute atomic E-state index is 0.189. The average molecular weight is 511 g/mol. The average Bonchev–Trinajstić information content (AvgIpc) is 3.10. The molecule has 5 rings (SSSR count). The summed E-state index contributed by atoms with van der Waals surface area (Å²) in [6.07, 6.45) is 6.71. The third kappa shape index (κ3) is 4.37. The first-order valence-electron chi connectivity index (χ1n) is 11.2. The molecule has 2 aliphatic rings. The van der Waals surface area contributed by atoms with Gasteiger partial charge in [0.2, 0.25) is 0 Å². The molecule has 2 aliphatic heterocycles. The van der Waals surface area contributed by atoms with Gasteiger partial charge < -0.3 is 4.90 Å². The number of hydrogen-bond donors (Lipinski definition) is 0. The first-order valence-corrected chi connectivity index (χ1v) is 12.8. The molecule has 4 heterocycles. The van der Waals surface area contributed by atoms with E-state index in [1.807, 2.05) is 37.3 Å². The zero-order valence-corrected chi connectivity index (χ0v) is 21.1. The van der Waals surface area contributed by atoms with Gasteiger partial charge in [-0.2, -0.15) is 0 Å². The number of hydrogen-bond acceptors (Lipinski definition) is 6. The van der Waals surface area contributed by atoms with Crippen LogP contribution in [-0.4, -0.2) is 37.6 Å². The molecular formula is C25H23ClN4O2S2. The van der Waals surface area contributed by atoms with Crippen molar-refractivity contribution >= 4 is 63.3 Å². The van der Waals surface area contributed by atoms with Crippen molar-refractivity contribution in [1.82, 2.24) is 14.3 Å². The van der Waals surface area contributed by atoms with E-state index in [1.54, 1.807) is 22.7 Å². The van der Waals surface area contributed by atoms with Crippen molar-refractivity contribution in [2.75, 3.05) is 18.0 Å². The summed E-state index contributed by atoms with van der Waals surface area (Å²) in [5.74, 6) is 0.401. The molecule has 0 saturated carbocycles. The smallest absolute Gasteiger partial charge is 0.267 e. The van der Waals surface area contributed by atoms with Gasteiger partial charge in [0, 0.05) is 24.3 Å². The summed E-state index contributed by atoms with van der Waals surface area (Å²) in [5.41, 5.74) is 2.60. The van der Waals surface area contributed by atoms with Gasteiger partial charge in [0.1, 0.15) is 15.8 Å². The Morgan fingerprint density at radius 1 is 1.12 bits per heavy atom. The number of carbonyl (C=O) groups excluding carboxylic acids is 1. The van der Waals surface area contributed by atoms with Gasteiger partial charge >= 0.3 is 0 Å². The van der Waals surface area contributed by atoms with Crippen LogP contribution in [0.3, 0.4) is 0 Å². The summed E-state index contributed by atoms with van der Waals surface area (Å²) in [6, 6.07) is 11.2. The molecule has 6 nitrogen and oxygen atoms in total. The third-order valence-corrected chi connectivity index (χ3v) is 7.82. The Morgan fingerprint density at radius 3 is 2.65 bits per heavy atom. The molecule has 0 bridgehead atoms. The summed E-state index contributed by atoms with van der Waals surface area (Å²) >= 11 is 13.0. The van der Waals surface area contributed by atoms with E-state index in [0.717, 1.165) is 43.5 Å². The number of aryl methyl sites for hydroxylation is 1. The molecule has 174 valence electrons. The van der Waals surface area contributed by atoms with Crippen LogP contribution in [0.1, 0.15) is 36.0 Å². The van der Waals surface area contributed by atoms with Crippen molar-refractivity contribution < 1.29 is 4.79 Å². The van der Waals surface area contributed by atoms with E-state index in [-0.39, 0.29) is 18.0 Å². The van der Waals surface area contributed by atoms with Gasteiger partial charge in [-0.15, -0.1) is 0 Å². The fourth-order valence-corrected chi connectivity index (χ4v) is 5.72. The quantitative estimate of drug-likeness (QED) is 0.361. The van der Waals surface area contributed by atoms with Crippen LogP contribution in [0.2, 0.25) is 5.02 Å². The third-order valence-electron chi connectivity index (χ3n) is 6.08. The molecule has 1 amide bonds. The van der Waals surface area contributed by atoms with Crippen LogP contribution in [0.25, 0.3) is 11.7 Å². The van der Waals surface area contributed by atoms with E-state index >= 15 is 0 Å². The van der Waals surface area contributed by atoms with Crippen LogP contribution in [0.4, 0.5) is 5.82 Å². The van der Waals surface area contributed by atoms with E-state index in [9.17, 15) is 9.59 Å². The van der Waals surface area contributed by atoms with E-state index in [4.69, 9.17) is 28.8 Å². The number of nitrogens with zero attached hydrogens (tertiary/aromatic N) is 4. The maximum absolute atomic E-state index is 13.6. The highest BCUT2D eigenvalue weighted by atomic mass is 35.5. The number of amides is 1. The van der Waals surface area contributed by atoms with Crippen molar-refractivity contribution in [2.24, 2.45) is 0 Å². The van der Waals surface area contributed by atoms with Crippen LogP contribution in [0, 0.1) is 6.92 Å². The lowest BCUT2D eigenvalue weighted by molar-refractivity contribution is -0.122. The Labute approximate surface area is 212 Å². The lowest BCUT2D eigenvalue weighted by Crippen LogP contribution is -2.33. The van der Waals surface area contributed by atoms with Crippen molar-refractivity contribution in [2.45, 2.75) is 32.7 Å². The number of aromatic nitrogens is 2. The zero-order valence-electron chi connectivity index (χ0n) is 18.7. The van der Waals surface area contributed by atoms with Gasteiger partial charge in [0.15, 0.2) is 0 Å². The Balaban J connectivity index is 1.58. The number of pyridine rings is 1. The van der Waals surface area contributed by atoms with Crippen LogP contribution in [0.5, 0.6) is 0 Å². The van der Waals surface area contributed by atoms with Gasteiger partial charge in [0.25, 0.3) is 11.5 Å². The molecule has 0 radical (unpaired) electrons. The molecule has 1 aromatic carbocycles. The molecular weight excluding hydrogens is 488 g/mol. The SMILES string of the molecule is Cc1ccc2nc(N3CCCCC3)c(/C=C3/SC(=S)N(Cc4ccccc4Cl)C3=O)c(=O)n2c1. The van der Waals surface area contributed by atoms with Gasteiger partial charge in [-0.3, -0.25) is 18.9 Å².